The molecular weight excluding hydrogens is 468 g/mol. The van der Waals surface area contributed by atoms with Crippen LogP contribution in [0.1, 0.15) is 44.6 Å². The van der Waals surface area contributed by atoms with E-state index >= 15 is 0 Å². The summed E-state index contributed by atoms with van der Waals surface area (Å²) < 4.78 is 9.92. The Bertz CT molecular complexity index is 1240. The van der Waals surface area contributed by atoms with Gasteiger partial charge in [0.15, 0.2) is 5.82 Å². The van der Waals surface area contributed by atoms with Crippen LogP contribution in [0.25, 0.3) is 22.3 Å². The molecule has 0 amide bonds. The average molecular weight is 505 g/mol. The highest BCUT2D eigenvalue weighted by atomic mass is 28.3. The van der Waals surface area contributed by atoms with Gasteiger partial charge in [0.25, 0.3) is 0 Å². The topological polar surface area (TPSA) is 117 Å². The minimum absolute atomic E-state index is 0.0319. The quantitative estimate of drug-likeness (QED) is 0.253. The predicted molar refractivity (Wildman–Crippen MR) is 143 cm³/mol. The summed E-state index contributed by atoms with van der Waals surface area (Å²) in [6, 6.07) is 7.72. The fourth-order valence-electron chi connectivity index (χ4n) is 4.88. The first-order valence-corrected chi connectivity index (χ1v) is 16.6. The Labute approximate surface area is 214 Å². The second-order valence-corrected chi connectivity index (χ2v) is 16.4. The van der Waals surface area contributed by atoms with E-state index in [1.54, 1.807) is 6.33 Å². The number of rotatable bonds is 12. The summed E-state index contributed by atoms with van der Waals surface area (Å²) >= 11 is 0. The largest absolute Gasteiger partial charge is 0.367 e. The second kappa shape index (κ2) is 11.7. The minimum Gasteiger partial charge on any atom is -0.367 e. The van der Waals surface area contributed by atoms with Crippen LogP contribution in [0.4, 0.5) is 5.82 Å². The molecule has 0 radical (unpaired) electrons. The molecule has 3 heterocycles. The van der Waals surface area contributed by atoms with Crippen molar-refractivity contribution in [1.29, 1.82) is 10.5 Å². The summed E-state index contributed by atoms with van der Waals surface area (Å²) in [5.74, 6) is 1.13. The van der Waals surface area contributed by atoms with Crippen molar-refractivity contribution < 1.29 is 4.74 Å². The van der Waals surface area contributed by atoms with Crippen molar-refractivity contribution in [3.63, 3.8) is 0 Å². The Balaban J connectivity index is 1.65. The molecule has 3 aromatic heterocycles. The van der Waals surface area contributed by atoms with Gasteiger partial charge in [-0.25, -0.2) is 9.97 Å². The van der Waals surface area contributed by atoms with E-state index in [-0.39, 0.29) is 6.04 Å². The van der Waals surface area contributed by atoms with Crippen LogP contribution < -0.4 is 5.32 Å². The van der Waals surface area contributed by atoms with Gasteiger partial charge in [-0.15, -0.1) is 0 Å². The maximum Gasteiger partial charge on any atom is 0.157 e. The number of nitriles is 2. The van der Waals surface area contributed by atoms with Crippen molar-refractivity contribution in [2.45, 2.75) is 77.0 Å². The van der Waals surface area contributed by atoms with Crippen LogP contribution >= 0.6 is 0 Å². The van der Waals surface area contributed by atoms with Crippen LogP contribution in [0.2, 0.25) is 25.7 Å². The molecule has 1 N–H and O–H groups in total. The van der Waals surface area contributed by atoms with Crippen molar-refractivity contribution in [3.8, 4) is 23.4 Å². The maximum absolute atomic E-state index is 9.53. The molecule has 10 heteroatoms. The number of ether oxygens (including phenoxy) is 1. The Kier molecular flexibility index (Phi) is 8.39. The molecule has 0 bridgehead atoms. The zero-order valence-electron chi connectivity index (χ0n) is 21.6. The fraction of sp³-hybridized carbons (Fsp3) is 0.577. The van der Waals surface area contributed by atoms with Crippen LogP contribution in [-0.4, -0.2) is 45.5 Å². The zero-order chi connectivity index (χ0) is 25.5. The molecule has 0 spiro atoms. The molecule has 1 aliphatic rings. The van der Waals surface area contributed by atoms with Gasteiger partial charge in [0.1, 0.15) is 18.7 Å². The van der Waals surface area contributed by atoms with E-state index in [1.807, 2.05) is 27.7 Å². The third kappa shape index (κ3) is 6.12. The average Bonchev–Trinajstić information content (AvgIpc) is 3.60. The molecular formula is C26H36N8OSi. The molecule has 1 saturated carbocycles. The highest BCUT2D eigenvalue weighted by molar-refractivity contribution is 6.76. The van der Waals surface area contributed by atoms with Crippen molar-refractivity contribution in [2.75, 3.05) is 18.5 Å². The van der Waals surface area contributed by atoms with Crippen molar-refractivity contribution in [3.05, 3.63) is 24.8 Å². The number of nitrogens with zero attached hydrogens (tertiary/aromatic N) is 7. The van der Waals surface area contributed by atoms with Gasteiger partial charge in [0, 0.05) is 39.0 Å². The summed E-state index contributed by atoms with van der Waals surface area (Å²) in [5.41, 5.74) is 2.46. The predicted octanol–water partition coefficient (Wildman–Crippen LogP) is 5.58. The van der Waals surface area contributed by atoms with Gasteiger partial charge in [0.2, 0.25) is 0 Å². The van der Waals surface area contributed by atoms with Crippen LogP contribution in [0, 0.1) is 28.6 Å². The first kappa shape index (κ1) is 25.9. The first-order valence-electron chi connectivity index (χ1n) is 12.9. The van der Waals surface area contributed by atoms with E-state index in [9.17, 15) is 5.26 Å². The van der Waals surface area contributed by atoms with Crippen molar-refractivity contribution >= 4 is 24.9 Å². The SMILES string of the molecule is C[Si](C)(C)CCOCn1ccc2c(-c3cn(C(CC#N)C4CCCC4)nc3NCCC#N)ncnc21. The number of hydrogen-bond acceptors (Lipinski definition) is 7. The lowest BCUT2D eigenvalue weighted by Gasteiger charge is -2.21. The number of anilines is 1. The molecule has 190 valence electrons. The lowest BCUT2D eigenvalue weighted by Crippen LogP contribution is -2.22. The van der Waals surface area contributed by atoms with Gasteiger partial charge in [-0.05, 0) is 30.9 Å². The van der Waals surface area contributed by atoms with E-state index in [4.69, 9.17) is 15.1 Å². The maximum atomic E-state index is 9.53. The summed E-state index contributed by atoms with van der Waals surface area (Å²) in [4.78, 5) is 9.18. The molecule has 0 aromatic carbocycles. The molecule has 0 aliphatic heterocycles. The Morgan fingerprint density at radius 1 is 1.19 bits per heavy atom. The molecule has 1 fully saturated rings. The lowest BCUT2D eigenvalue weighted by molar-refractivity contribution is 0.0899. The Morgan fingerprint density at radius 3 is 2.72 bits per heavy atom. The van der Waals surface area contributed by atoms with Gasteiger partial charge in [-0.2, -0.15) is 15.6 Å². The third-order valence-electron chi connectivity index (χ3n) is 6.88. The highest BCUT2D eigenvalue weighted by Crippen LogP contribution is 2.38. The van der Waals surface area contributed by atoms with Gasteiger partial charge in [-0.3, -0.25) is 4.68 Å². The molecule has 0 saturated heterocycles. The standard InChI is InChI=1S/C26H36N8OSi/c1-36(2,3)16-15-35-19-33-14-10-21-24(30-18-31-26(21)33)22-17-34(32-25(22)29-13-6-11-27)23(9-12-28)20-7-4-5-8-20/h10,14,17-18,20,23H,4-9,13,15-16,19H2,1-3H3,(H,29,32). The van der Waals surface area contributed by atoms with E-state index in [1.165, 1.54) is 12.8 Å². The molecule has 36 heavy (non-hydrogen) atoms. The fourth-order valence-corrected chi connectivity index (χ4v) is 5.63. The first-order chi connectivity index (χ1) is 17.4. The van der Waals surface area contributed by atoms with Crippen molar-refractivity contribution in [2.24, 2.45) is 5.92 Å². The van der Waals surface area contributed by atoms with E-state index in [0.29, 0.717) is 37.9 Å². The number of fused-ring (bicyclic) bond motifs is 1. The van der Waals surface area contributed by atoms with E-state index in [2.05, 4.69) is 47.1 Å². The summed E-state index contributed by atoms with van der Waals surface area (Å²) in [6.45, 7) is 8.72. The summed E-state index contributed by atoms with van der Waals surface area (Å²) in [5, 5.41) is 27.7. The summed E-state index contributed by atoms with van der Waals surface area (Å²) in [7, 11) is -1.15. The van der Waals surface area contributed by atoms with Gasteiger partial charge in [0.05, 0.1) is 42.3 Å². The molecule has 4 rings (SSSR count). The lowest BCUT2D eigenvalue weighted by atomic mass is 9.96. The van der Waals surface area contributed by atoms with Crippen LogP contribution in [0.3, 0.4) is 0 Å². The minimum atomic E-state index is -1.15. The van der Waals surface area contributed by atoms with Gasteiger partial charge >= 0.3 is 0 Å². The molecule has 1 atom stereocenters. The molecule has 1 aliphatic carbocycles. The smallest absolute Gasteiger partial charge is 0.157 e. The highest BCUT2D eigenvalue weighted by Gasteiger charge is 2.29. The van der Waals surface area contributed by atoms with Crippen LogP contribution in [0.5, 0.6) is 0 Å². The van der Waals surface area contributed by atoms with Gasteiger partial charge < -0.3 is 14.6 Å². The van der Waals surface area contributed by atoms with Crippen LogP contribution in [0.15, 0.2) is 24.8 Å². The zero-order valence-corrected chi connectivity index (χ0v) is 22.6. The third-order valence-corrected chi connectivity index (χ3v) is 8.59. The van der Waals surface area contributed by atoms with Crippen LogP contribution in [-0.2, 0) is 11.5 Å². The molecule has 1 unspecified atom stereocenters. The monoisotopic (exact) mass is 504 g/mol. The van der Waals surface area contributed by atoms with Gasteiger partial charge in [-0.1, -0.05) is 32.5 Å². The molecule has 9 nitrogen and oxygen atoms in total. The number of aromatic nitrogens is 5. The Hall–Kier alpha value is -3.21. The summed E-state index contributed by atoms with van der Waals surface area (Å²) in [6.07, 6.45) is 11.0. The Morgan fingerprint density at radius 2 is 2.00 bits per heavy atom. The number of hydrogen-bond donors (Lipinski definition) is 1. The van der Waals surface area contributed by atoms with E-state index in [0.717, 1.165) is 47.8 Å². The number of nitrogens with one attached hydrogen (secondary N) is 1. The second-order valence-electron chi connectivity index (χ2n) is 10.8. The van der Waals surface area contributed by atoms with E-state index < -0.39 is 8.07 Å². The molecule has 3 aromatic rings. The normalized spacial score (nSPS) is 15.1. The van der Waals surface area contributed by atoms with Crippen molar-refractivity contribution in [1.82, 2.24) is 24.3 Å².